The average molecular weight is 367 g/mol. The minimum atomic E-state index is 0. The van der Waals surface area contributed by atoms with Crippen molar-refractivity contribution >= 4 is 18.3 Å². The first kappa shape index (κ1) is 20.2. The Balaban J connectivity index is 0.00000225. The van der Waals surface area contributed by atoms with Gasteiger partial charge in [-0.15, -0.1) is 12.4 Å². The van der Waals surface area contributed by atoms with Crippen LogP contribution in [0.2, 0.25) is 0 Å². The molecule has 0 radical (unpaired) electrons. The Labute approximate surface area is 157 Å². The maximum absolute atomic E-state index is 12.9. The molecule has 2 N–H and O–H groups in total. The van der Waals surface area contributed by atoms with E-state index < -0.39 is 0 Å². The quantitative estimate of drug-likeness (QED) is 0.871. The van der Waals surface area contributed by atoms with Crippen LogP contribution in [0.3, 0.4) is 0 Å². The summed E-state index contributed by atoms with van der Waals surface area (Å²) in [4.78, 5) is 15.0. The van der Waals surface area contributed by atoms with Gasteiger partial charge in [-0.05, 0) is 61.3 Å². The maximum Gasteiger partial charge on any atom is 0.227 e. The molecule has 1 aromatic rings. The molecule has 0 aliphatic carbocycles. The van der Waals surface area contributed by atoms with E-state index in [1.807, 2.05) is 0 Å². The first-order valence-electron chi connectivity index (χ1n) is 9.37. The van der Waals surface area contributed by atoms with Crippen LogP contribution in [0.1, 0.15) is 49.3 Å². The van der Waals surface area contributed by atoms with Gasteiger partial charge >= 0.3 is 0 Å². The number of nitrogens with two attached hydrogens (primary N) is 1. The van der Waals surface area contributed by atoms with Crippen LogP contribution in [0.4, 0.5) is 0 Å². The van der Waals surface area contributed by atoms with Gasteiger partial charge in [0, 0.05) is 12.6 Å². The summed E-state index contributed by atoms with van der Waals surface area (Å²) in [6.45, 7) is 5.36. The summed E-state index contributed by atoms with van der Waals surface area (Å²) in [5, 5.41) is 0. The number of hydrogen-bond donors (Lipinski definition) is 1. The highest BCUT2D eigenvalue weighted by Gasteiger charge is 2.31. The molecule has 1 fully saturated rings. The molecule has 25 heavy (non-hydrogen) atoms. The van der Waals surface area contributed by atoms with E-state index in [1.54, 1.807) is 0 Å². The van der Waals surface area contributed by atoms with Gasteiger partial charge < -0.3 is 15.4 Å². The van der Waals surface area contributed by atoms with E-state index in [2.05, 4.69) is 30.0 Å². The molecule has 0 spiro atoms. The van der Waals surface area contributed by atoms with E-state index in [1.165, 1.54) is 17.5 Å². The summed E-state index contributed by atoms with van der Waals surface area (Å²) < 4.78 is 5.54. The van der Waals surface area contributed by atoms with Gasteiger partial charge in [-0.2, -0.15) is 0 Å². The number of rotatable bonds is 5. The first-order valence-corrected chi connectivity index (χ1v) is 9.37. The molecule has 0 saturated carbocycles. The van der Waals surface area contributed by atoms with Crippen molar-refractivity contribution in [1.29, 1.82) is 0 Å². The number of amides is 1. The fourth-order valence-corrected chi connectivity index (χ4v) is 4.13. The van der Waals surface area contributed by atoms with Crippen molar-refractivity contribution in [2.75, 3.05) is 19.7 Å². The highest BCUT2D eigenvalue weighted by atomic mass is 35.5. The van der Waals surface area contributed by atoms with Crippen molar-refractivity contribution in [3.8, 4) is 0 Å². The topological polar surface area (TPSA) is 55.6 Å². The molecule has 140 valence electrons. The second kappa shape index (κ2) is 9.56. The molecule has 2 aliphatic heterocycles. The third kappa shape index (κ3) is 4.96. The zero-order valence-corrected chi connectivity index (χ0v) is 16.0. The summed E-state index contributed by atoms with van der Waals surface area (Å²) in [5.41, 5.74) is 9.41. The number of piperidine rings is 1. The minimum Gasteiger partial charge on any atom is -0.376 e. The molecule has 0 unspecified atom stereocenters. The van der Waals surface area contributed by atoms with Crippen molar-refractivity contribution in [3.05, 3.63) is 34.9 Å². The van der Waals surface area contributed by atoms with Crippen LogP contribution in [0.25, 0.3) is 0 Å². The standard InChI is InChI=1S/C20H30N2O2.ClH/c1-15-4-3-10-22(19(15)5-2-9-21)20(23)13-16-6-7-17-8-11-24-14-18(17)12-16;/h6-7,12,15,19H,2-5,8-11,13-14,21H2,1H3;1H/t15-,19-;/m0./s1. The lowest BCUT2D eigenvalue weighted by Gasteiger charge is -2.40. The third-order valence-electron chi connectivity index (χ3n) is 5.54. The van der Waals surface area contributed by atoms with Crippen LogP contribution in [0.5, 0.6) is 0 Å². The Bertz CT molecular complexity index is 579. The van der Waals surface area contributed by atoms with Gasteiger partial charge in [-0.25, -0.2) is 0 Å². The Morgan fingerprint density at radius 3 is 3.00 bits per heavy atom. The summed E-state index contributed by atoms with van der Waals surface area (Å²) in [6.07, 6.45) is 5.84. The second-order valence-electron chi connectivity index (χ2n) is 7.29. The summed E-state index contributed by atoms with van der Waals surface area (Å²) in [6, 6.07) is 6.81. The van der Waals surface area contributed by atoms with Crippen molar-refractivity contribution in [2.24, 2.45) is 11.7 Å². The van der Waals surface area contributed by atoms with Crippen LogP contribution in [-0.2, 0) is 29.0 Å². The number of fused-ring (bicyclic) bond motifs is 1. The van der Waals surface area contributed by atoms with Crippen molar-refractivity contribution in [1.82, 2.24) is 4.90 Å². The molecule has 3 rings (SSSR count). The minimum absolute atomic E-state index is 0. The van der Waals surface area contributed by atoms with Gasteiger partial charge in [-0.3, -0.25) is 4.79 Å². The van der Waals surface area contributed by atoms with Crippen molar-refractivity contribution < 1.29 is 9.53 Å². The predicted octanol–water partition coefficient (Wildman–Crippen LogP) is 3.09. The first-order chi connectivity index (χ1) is 11.7. The Hall–Kier alpha value is -1.10. The zero-order valence-electron chi connectivity index (χ0n) is 15.2. The van der Waals surface area contributed by atoms with E-state index in [4.69, 9.17) is 10.5 Å². The summed E-state index contributed by atoms with van der Waals surface area (Å²) in [5.74, 6) is 0.839. The summed E-state index contributed by atoms with van der Waals surface area (Å²) in [7, 11) is 0. The molecule has 2 heterocycles. The number of likely N-dealkylation sites (tertiary alicyclic amines) is 1. The highest BCUT2D eigenvalue weighted by Crippen LogP contribution is 2.27. The molecule has 1 aromatic carbocycles. The molecular formula is C20H31ClN2O2. The van der Waals surface area contributed by atoms with Crippen LogP contribution in [0.15, 0.2) is 18.2 Å². The lowest BCUT2D eigenvalue weighted by atomic mass is 9.87. The maximum atomic E-state index is 12.9. The zero-order chi connectivity index (χ0) is 16.9. The molecule has 2 aliphatic rings. The van der Waals surface area contributed by atoms with Gasteiger partial charge in [0.2, 0.25) is 5.91 Å². The van der Waals surface area contributed by atoms with Gasteiger partial charge in [-0.1, -0.05) is 25.1 Å². The summed E-state index contributed by atoms with van der Waals surface area (Å²) >= 11 is 0. The van der Waals surface area contributed by atoms with E-state index in [0.29, 0.717) is 31.5 Å². The second-order valence-corrected chi connectivity index (χ2v) is 7.29. The van der Waals surface area contributed by atoms with Gasteiger partial charge in [0.1, 0.15) is 0 Å². The smallest absolute Gasteiger partial charge is 0.227 e. The van der Waals surface area contributed by atoms with Gasteiger partial charge in [0.15, 0.2) is 0 Å². The van der Waals surface area contributed by atoms with Crippen LogP contribution in [0, 0.1) is 5.92 Å². The van der Waals surface area contributed by atoms with Crippen molar-refractivity contribution in [2.45, 2.75) is 58.1 Å². The molecule has 1 amide bonds. The number of nitrogens with zero attached hydrogens (tertiary/aromatic N) is 1. The van der Waals surface area contributed by atoms with E-state index in [0.717, 1.165) is 44.4 Å². The average Bonchev–Trinajstić information content (AvgIpc) is 2.60. The Morgan fingerprint density at radius 2 is 2.20 bits per heavy atom. The highest BCUT2D eigenvalue weighted by molar-refractivity contribution is 5.85. The number of halogens is 1. The molecule has 5 heteroatoms. The molecule has 0 bridgehead atoms. The lowest BCUT2D eigenvalue weighted by molar-refractivity contribution is -0.135. The van der Waals surface area contributed by atoms with Crippen LogP contribution in [-0.4, -0.2) is 36.5 Å². The van der Waals surface area contributed by atoms with E-state index in [-0.39, 0.29) is 18.3 Å². The monoisotopic (exact) mass is 366 g/mol. The van der Waals surface area contributed by atoms with Crippen LogP contribution >= 0.6 is 12.4 Å². The molecular weight excluding hydrogens is 336 g/mol. The fraction of sp³-hybridized carbons (Fsp3) is 0.650. The normalized spacial score (nSPS) is 22.9. The molecule has 1 saturated heterocycles. The number of ether oxygens (including phenoxy) is 1. The molecule has 4 nitrogen and oxygen atoms in total. The predicted molar refractivity (Wildman–Crippen MR) is 103 cm³/mol. The SMILES string of the molecule is C[C@H]1CCCN(C(=O)Cc2ccc3c(c2)COCC3)[C@H]1CCCN.Cl. The largest absolute Gasteiger partial charge is 0.376 e. The third-order valence-corrected chi connectivity index (χ3v) is 5.54. The van der Waals surface area contributed by atoms with E-state index in [9.17, 15) is 4.79 Å². The number of carbonyl (C=O) groups is 1. The Morgan fingerprint density at radius 1 is 1.36 bits per heavy atom. The number of carbonyl (C=O) groups excluding carboxylic acids is 1. The van der Waals surface area contributed by atoms with Crippen LogP contribution < -0.4 is 5.73 Å². The Kier molecular flexibility index (Phi) is 7.73. The van der Waals surface area contributed by atoms with Gasteiger partial charge in [0.05, 0.1) is 19.6 Å². The number of benzene rings is 1. The van der Waals surface area contributed by atoms with Gasteiger partial charge in [0.25, 0.3) is 0 Å². The lowest BCUT2D eigenvalue weighted by Crippen LogP contribution is -2.48. The molecule has 2 atom stereocenters. The van der Waals surface area contributed by atoms with Crippen molar-refractivity contribution in [3.63, 3.8) is 0 Å². The van der Waals surface area contributed by atoms with E-state index >= 15 is 0 Å². The number of hydrogen-bond acceptors (Lipinski definition) is 3. The fourth-order valence-electron chi connectivity index (χ4n) is 4.13. The molecule has 0 aromatic heterocycles.